The van der Waals surface area contributed by atoms with Crippen LogP contribution in [-0.4, -0.2) is 46.6 Å². The minimum Gasteiger partial charge on any atom is -0.493 e. The maximum Gasteiger partial charge on any atom is 0.160 e. The van der Waals surface area contributed by atoms with E-state index in [1.165, 1.54) is 43.6 Å². The molecule has 0 radical (unpaired) electrons. The fourth-order valence-corrected chi connectivity index (χ4v) is 4.54. The zero-order valence-electron chi connectivity index (χ0n) is 18.1. The van der Waals surface area contributed by atoms with Gasteiger partial charge in [-0.3, -0.25) is 4.90 Å². The van der Waals surface area contributed by atoms with Crippen molar-refractivity contribution in [2.75, 3.05) is 37.0 Å². The van der Waals surface area contributed by atoms with E-state index in [1.54, 1.807) is 19.6 Å². The fraction of sp³-hybridized carbons (Fsp3) is 0.417. The van der Waals surface area contributed by atoms with Crippen molar-refractivity contribution in [2.45, 2.75) is 38.8 Å². The summed E-state index contributed by atoms with van der Waals surface area (Å²) in [7, 11) is 1.69. The van der Waals surface area contributed by atoms with Gasteiger partial charge in [0.05, 0.1) is 43.3 Å². The van der Waals surface area contributed by atoms with Gasteiger partial charge in [0.15, 0.2) is 5.75 Å². The number of rotatable bonds is 6. The van der Waals surface area contributed by atoms with Gasteiger partial charge in [0.2, 0.25) is 0 Å². The number of piperidine rings is 1. The standard InChI is InChI=1S/C24H30N6O/c1-31-23-14-25-24(13-22(23)30-12-9-20-21(16-30)27-17-26-20)28-19-7-5-18(6-8-19)15-29-10-3-2-4-11-29/h5-8,13-14,17H,2-4,9-12,15-16H2,1H3,(H,25,28)(H,26,27). The lowest BCUT2D eigenvalue weighted by Crippen LogP contribution is -2.30. The average molecular weight is 419 g/mol. The lowest BCUT2D eigenvalue weighted by Gasteiger charge is -2.29. The first-order valence-corrected chi connectivity index (χ1v) is 11.2. The number of nitrogens with one attached hydrogen (secondary N) is 2. The van der Waals surface area contributed by atoms with E-state index in [2.05, 4.69) is 60.4 Å². The summed E-state index contributed by atoms with van der Waals surface area (Å²) < 4.78 is 5.60. The highest BCUT2D eigenvalue weighted by molar-refractivity contribution is 5.67. The van der Waals surface area contributed by atoms with E-state index in [-0.39, 0.29) is 0 Å². The van der Waals surface area contributed by atoms with Crippen LogP contribution in [0.2, 0.25) is 0 Å². The molecular weight excluding hydrogens is 388 g/mol. The van der Waals surface area contributed by atoms with Gasteiger partial charge < -0.3 is 19.9 Å². The SMILES string of the molecule is COc1cnc(Nc2ccc(CN3CCCCC3)cc2)cc1N1CCc2nc[nH]c2C1. The Balaban J connectivity index is 1.29. The summed E-state index contributed by atoms with van der Waals surface area (Å²) in [5, 5.41) is 3.45. The molecule has 0 aliphatic carbocycles. The number of benzene rings is 1. The van der Waals surface area contributed by atoms with Gasteiger partial charge >= 0.3 is 0 Å². The summed E-state index contributed by atoms with van der Waals surface area (Å²) >= 11 is 0. The zero-order valence-corrected chi connectivity index (χ0v) is 18.1. The quantitative estimate of drug-likeness (QED) is 0.628. The molecule has 2 aliphatic rings. The van der Waals surface area contributed by atoms with E-state index in [9.17, 15) is 0 Å². The fourth-order valence-electron chi connectivity index (χ4n) is 4.54. The molecule has 0 spiro atoms. The van der Waals surface area contributed by atoms with E-state index < -0.39 is 0 Å². The second-order valence-electron chi connectivity index (χ2n) is 8.40. The monoisotopic (exact) mass is 418 g/mol. The molecule has 2 N–H and O–H groups in total. The Morgan fingerprint density at radius 1 is 1.06 bits per heavy atom. The van der Waals surface area contributed by atoms with Crippen molar-refractivity contribution in [1.82, 2.24) is 19.9 Å². The summed E-state index contributed by atoms with van der Waals surface area (Å²) in [6.07, 6.45) is 8.51. The lowest BCUT2D eigenvalue weighted by atomic mass is 10.1. The van der Waals surface area contributed by atoms with Crippen LogP contribution in [0.4, 0.5) is 17.2 Å². The van der Waals surface area contributed by atoms with E-state index in [1.807, 2.05) is 0 Å². The number of pyridine rings is 1. The first-order chi connectivity index (χ1) is 15.3. The zero-order chi connectivity index (χ0) is 21.0. The van der Waals surface area contributed by atoms with Crippen LogP contribution in [0.5, 0.6) is 5.75 Å². The highest BCUT2D eigenvalue weighted by atomic mass is 16.5. The number of methoxy groups -OCH3 is 1. The number of H-pyrrole nitrogens is 1. The third-order valence-corrected chi connectivity index (χ3v) is 6.26. The number of likely N-dealkylation sites (tertiary alicyclic amines) is 1. The molecule has 0 unspecified atom stereocenters. The van der Waals surface area contributed by atoms with Gasteiger partial charge in [0.1, 0.15) is 5.82 Å². The molecule has 0 bridgehead atoms. The van der Waals surface area contributed by atoms with Gasteiger partial charge in [-0.2, -0.15) is 0 Å². The van der Waals surface area contributed by atoms with E-state index in [0.717, 1.165) is 54.7 Å². The second-order valence-corrected chi connectivity index (χ2v) is 8.40. The third-order valence-electron chi connectivity index (χ3n) is 6.26. The van der Waals surface area contributed by atoms with Crippen LogP contribution < -0.4 is 15.0 Å². The topological polar surface area (TPSA) is 69.3 Å². The van der Waals surface area contributed by atoms with Crippen molar-refractivity contribution in [3.05, 3.63) is 59.8 Å². The van der Waals surface area contributed by atoms with Crippen molar-refractivity contribution < 1.29 is 4.74 Å². The molecule has 4 heterocycles. The van der Waals surface area contributed by atoms with Crippen molar-refractivity contribution in [2.24, 2.45) is 0 Å². The molecule has 0 amide bonds. The van der Waals surface area contributed by atoms with Gasteiger partial charge in [0, 0.05) is 31.3 Å². The van der Waals surface area contributed by atoms with Gasteiger partial charge in [-0.15, -0.1) is 0 Å². The van der Waals surface area contributed by atoms with Gasteiger partial charge in [0.25, 0.3) is 0 Å². The number of hydrogen-bond donors (Lipinski definition) is 2. The molecule has 31 heavy (non-hydrogen) atoms. The Labute approximate surface area is 183 Å². The Hall–Kier alpha value is -3.06. The minimum absolute atomic E-state index is 0.783. The number of imidazole rings is 1. The molecule has 162 valence electrons. The van der Waals surface area contributed by atoms with Crippen LogP contribution in [0.25, 0.3) is 0 Å². The predicted octanol–water partition coefficient (Wildman–Crippen LogP) is 4.11. The molecule has 0 saturated carbocycles. The summed E-state index contributed by atoms with van der Waals surface area (Å²) in [5.41, 5.74) is 5.78. The molecule has 1 fully saturated rings. The summed E-state index contributed by atoms with van der Waals surface area (Å²) in [4.78, 5) is 17.1. The van der Waals surface area contributed by atoms with Crippen LogP contribution in [-0.2, 0) is 19.5 Å². The number of ether oxygens (including phenoxy) is 1. The maximum atomic E-state index is 5.60. The Bertz CT molecular complexity index is 1010. The van der Waals surface area contributed by atoms with Crippen LogP contribution in [0, 0.1) is 0 Å². The normalized spacial score (nSPS) is 16.7. The smallest absolute Gasteiger partial charge is 0.160 e. The van der Waals surface area contributed by atoms with Crippen LogP contribution in [0.3, 0.4) is 0 Å². The summed E-state index contributed by atoms with van der Waals surface area (Å²) in [5.74, 6) is 1.60. The predicted molar refractivity (Wildman–Crippen MR) is 123 cm³/mol. The highest BCUT2D eigenvalue weighted by Crippen LogP contribution is 2.33. The summed E-state index contributed by atoms with van der Waals surface area (Å²) in [6, 6.07) is 10.8. The van der Waals surface area contributed by atoms with Crippen LogP contribution in [0.1, 0.15) is 36.2 Å². The van der Waals surface area contributed by atoms with Crippen molar-refractivity contribution in [3.63, 3.8) is 0 Å². The number of aromatic nitrogens is 3. The molecule has 5 rings (SSSR count). The molecule has 1 saturated heterocycles. The van der Waals surface area contributed by atoms with Crippen molar-refractivity contribution in [3.8, 4) is 5.75 Å². The molecule has 2 aliphatic heterocycles. The average Bonchev–Trinajstić information content (AvgIpc) is 3.29. The number of fused-ring (bicyclic) bond motifs is 1. The van der Waals surface area contributed by atoms with Gasteiger partial charge in [-0.25, -0.2) is 9.97 Å². The Morgan fingerprint density at radius 2 is 1.90 bits per heavy atom. The second kappa shape index (κ2) is 8.98. The number of anilines is 3. The van der Waals surface area contributed by atoms with Crippen LogP contribution >= 0.6 is 0 Å². The molecular formula is C24H30N6O. The van der Waals surface area contributed by atoms with Gasteiger partial charge in [-0.1, -0.05) is 18.6 Å². The minimum atomic E-state index is 0.783. The van der Waals surface area contributed by atoms with E-state index >= 15 is 0 Å². The van der Waals surface area contributed by atoms with E-state index in [4.69, 9.17) is 4.74 Å². The molecule has 0 atom stereocenters. The third kappa shape index (κ3) is 4.51. The number of hydrogen-bond acceptors (Lipinski definition) is 6. The number of nitrogens with zero attached hydrogens (tertiary/aromatic N) is 4. The molecule has 7 nitrogen and oxygen atoms in total. The lowest BCUT2D eigenvalue weighted by molar-refractivity contribution is 0.221. The highest BCUT2D eigenvalue weighted by Gasteiger charge is 2.21. The van der Waals surface area contributed by atoms with Crippen molar-refractivity contribution >= 4 is 17.2 Å². The van der Waals surface area contributed by atoms with E-state index in [0.29, 0.717) is 0 Å². The number of aromatic amines is 1. The van der Waals surface area contributed by atoms with Crippen molar-refractivity contribution in [1.29, 1.82) is 0 Å². The molecule has 7 heteroatoms. The van der Waals surface area contributed by atoms with Crippen LogP contribution in [0.15, 0.2) is 42.9 Å². The maximum absolute atomic E-state index is 5.60. The van der Waals surface area contributed by atoms with Gasteiger partial charge in [-0.05, 0) is 43.6 Å². The molecule has 2 aromatic heterocycles. The Morgan fingerprint density at radius 3 is 2.71 bits per heavy atom. The largest absolute Gasteiger partial charge is 0.493 e. The molecule has 1 aromatic carbocycles. The Kier molecular flexibility index (Phi) is 5.76. The first-order valence-electron chi connectivity index (χ1n) is 11.2. The first kappa shape index (κ1) is 19.9. The molecule has 3 aromatic rings. The summed E-state index contributed by atoms with van der Waals surface area (Å²) in [6.45, 7) is 5.17.